The molecule has 1 aliphatic heterocycles. The van der Waals surface area contributed by atoms with Crippen LogP contribution in [0.2, 0.25) is 0 Å². The van der Waals surface area contributed by atoms with Crippen molar-refractivity contribution in [2.75, 3.05) is 25.1 Å². The molecule has 1 aromatic heterocycles. The normalized spacial score (nSPS) is 22.1. The van der Waals surface area contributed by atoms with Gasteiger partial charge in [0.25, 0.3) is 0 Å². The van der Waals surface area contributed by atoms with Gasteiger partial charge in [0.15, 0.2) is 0 Å². The standard InChI is InChI=1S/C15H23N3O3/c1-4-6-15(14(19)20)7-5-8-18(10-15)12-9-13(21-3)17-11(2)16-12/h9H,4-8,10H2,1-3H3,(H,19,20). The number of aryl methyl sites for hydroxylation is 1. The van der Waals surface area contributed by atoms with Crippen LogP contribution in [-0.4, -0.2) is 41.2 Å². The van der Waals surface area contributed by atoms with Gasteiger partial charge in [-0.2, -0.15) is 4.98 Å². The monoisotopic (exact) mass is 293 g/mol. The summed E-state index contributed by atoms with van der Waals surface area (Å²) in [7, 11) is 1.57. The summed E-state index contributed by atoms with van der Waals surface area (Å²) < 4.78 is 5.18. The predicted octanol–water partition coefficient (Wildman–Crippen LogP) is 2.26. The number of carboxylic acids is 1. The van der Waals surface area contributed by atoms with E-state index < -0.39 is 11.4 Å². The number of nitrogens with zero attached hydrogens (tertiary/aromatic N) is 3. The molecule has 0 spiro atoms. The van der Waals surface area contributed by atoms with E-state index in [4.69, 9.17) is 4.74 Å². The van der Waals surface area contributed by atoms with E-state index in [-0.39, 0.29) is 0 Å². The number of aromatic nitrogens is 2. The first kappa shape index (κ1) is 15.5. The molecule has 0 amide bonds. The van der Waals surface area contributed by atoms with Gasteiger partial charge in [0.2, 0.25) is 5.88 Å². The van der Waals surface area contributed by atoms with Gasteiger partial charge in [-0.3, -0.25) is 4.79 Å². The molecule has 2 heterocycles. The summed E-state index contributed by atoms with van der Waals surface area (Å²) in [5.74, 6) is 1.19. The Bertz CT molecular complexity index is 517. The maximum Gasteiger partial charge on any atom is 0.311 e. The van der Waals surface area contributed by atoms with Gasteiger partial charge in [0.1, 0.15) is 11.6 Å². The zero-order valence-electron chi connectivity index (χ0n) is 12.9. The minimum atomic E-state index is -0.702. The molecule has 21 heavy (non-hydrogen) atoms. The predicted molar refractivity (Wildman–Crippen MR) is 79.7 cm³/mol. The van der Waals surface area contributed by atoms with Gasteiger partial charge in [0.05, 0.1) is 12.5 Å². The first-order chi connectivity index (χ1) is 10.0. The van der Waals surface area contributed by atoms with Crippen LogP contribution in [-0.2, 0) is 4.79 Å². The Balaban J connectivity index is 2.28. The molecule has 0 aromatic carbocycles. The van der Waals surface area contributed by atoms with E-state index in [1.165, 1.54) is 0 Å². The van der Waals surface area contributed by atoms with E-state index in [1.807, 2.05) is 18.7 Å². The van der Waals surface area contributed by atoms with Crippen molar-refractivity contribution in [3.05, 3.63) is 11.9 Å². The molecule has 6 nitrogen and oxygen atoms in total. The number of rotatable bonds is 5. The van der Waals surface area contributed by atoms with Gasteiger partial charge in [-0.05, 0) is 26.2 Å². The Morgan fingerprint density at radius 3 is 2.90 bits per heavy atom. The van der Waals surface area contributed by atoms with E-state index in [2.05, 4.69) is 9.97 Å². The molecular weight excluding hydrogens is 270 g/mol. The van der Waals surface area contributed by atoms with Crippen LogP contribution < -0.4 is 9.64 Å². The molecule has 2 rings (SSSR count). The number of hydrogen-bond donors (Lipinski definition) is 1. The van der Waals surface area contributed by atoms with E-state index in [1.54, 1.807) is 13.2 Å². The van der Waals surface area contributed by atoms with Crippen molar-refractivity contribution < 1.29 is 14.6 Å². The minimum Gasteiger partial charge on any atom is -0.481 e. The van der Waals surface area contributed by atoms with E-state index in [0.717, 1.165) is 31.6 Å². The molecule has 0 saturated carbocycles. The minimum absolute atomic E-state index is 0.496. The zero-order chi connectivity index (χ0) is 15.5. The number of carboxylic acid groups (broad SMARTS) is 1. The number of methoxy groups -OCH3 is 1. The van der Waals surface area contributed by atoms with Gasteiger partial charge < -0.3 is 14.7 Å². The van der Waals surface area contributed by atoms with Crippen molar-refractivity contribution in [2.24, 2.45) is 5.41 Å². The molecule has 0 aliphatic carbocycles. The van der Waals surface area contributed by atoms with Crippen LogP contribution in [0.25, 0.3) is 0 Å². The lowest BCUT2D eigenvalue weighted by atomic mass is 9.76. The molecular formula is C15H23N3O3. The topological polar surface area (TPSA) is 75.5 Å². The number of anilines is 1. The Morgan fingerprint density at radius 2 is 2.29 bits per heavy atom. The van der Waals surface area contributed by atoms with Crippen molar-refractivity contribution in [1.82, 2.24) is 9.97 Å². The third-order valence-corrected chi connectivity index (χ3v) is 4.09. The summed E-state index contributed by atoms with van der Waals surface area (Å²) in [6.45, 7) is 5.15. The van der Waals surface area contributed by atoms with Gasteiger partial charge in [-0.25, -0.2) is 4.98 Å². The summed E-state index contributed by atoms with van der Waals surface area (Å²) in [6.07, 6.45) is 3.15. The molecule has 0 bridgehead atoms. The van der Waals surface area contributed by atoms with E-state index in [9.17, 15) is 9.90 Å². The summed E-state index contributed by atoms with van der Waals surface area (Å²) in [6, 6.07) is 1.77. The smallest absolute Gasteiger partial charge is 0.311 e. The highest BCUT2D eigenvalue weighted by atomic mass is 16.5. The fraction of sp³-hybridized carbons (Fsp3) is 0.667. The largest absolute Gasteiger partial charge is 0.481 e. The van der Waals surface area contributed by atoms with Gasteiger partial charge in [-0.1, -0.05) is 13.3 Å². The van der Waals surface area contributed by atoms with Gasteiger partial charge >= 0.3 is 5.97 Å². The second-order valence-electron chi connectivity index (χ2n) is 5.68. The third-order valence-electron chi connectivity index (χ3n) is 4.09. The molecule has 1 unspecified atom stereocenters. The first-order valence-electron chi connectivity index (χ1n) is 7.39. The number of hydrogen-bond acceptors (Lipinski definition) is 5. The fourth-order valence-electron chi connectivity index (χ4n) is 3.08. The van der Waals surface area contributed by atoms with Crippen LogP contribution in [0.15, 0.2) is 6.07 Å². The second kappa shape index (κ2) is 6.28. The van der Waals surface area contributed by atoms with E-state index in [0.29, 0.717) is 24.7 Å². The maximum atomic E-state index is 11.7. The van der Waals surface area contributed by atoms with Crippen LogP contribution in [0, 0.1) is 12.3 Å². The number of piperidine rings is 1. The Kier molecular flexibility index (Phi) is 4.65. The van der Waals surface area contributed by atoms with Crippen LogP contribution in [0.5, 0.6) is 5.88 Å². The lowest BCUT2D eigenvalue weighted by Gasteiger charge is -2.40. The van der Waals surface area contributed by atoms with Gasteiger partial charge in [0, 0.05) is 19.2 Å². The van der Waals surface area contributed by atoms with Crippen molar-refractivity contribution in [1.29, 1.82) is 0 Å². The lowest BCUT2D eigenvalue weighted by molar-refractivity contribution is -0.150. The summed E-state index contributed by atoms with van der Waals surface area (Å²) in [5, 5.41) is 9.66. The average Bonchev–Trinajstić information content (AvgIpc) is 2.47. The Labute approximate surface area is 125 Å². The highest BCUT2D eigenvalue weighted by Crippen LogP contribution is 2.36. The molecule has 1 atom stereocenters. The molecule has 0 radical (unpaired) electrons. The third kappa shape index (κ3) is 3.25. The molecule has 116 valence electrons. The molecule has 1 N–H and O–H groups in total. The first-order valence-corrected chi connectivity index (χ1v) is 7.39. The molecule has 1 fully saturated rings. The van der Waals surface area contributed by atoms with E-state index >= 15 is 0 Å². The number of carbonyl (C=O) groups is 1. The van der Waals surface area contributed by atoms with Gasteiger partial charge in [-0.15, -0.1) is 0 Å². The average molecular weight is 293 g/mol. The molecule has 1 saturated heterocycles. The summed E-state index contributed by atoms with van der Waals surface area (Å²) in [4.78, 5) is 22.4. The Morgan fingerprint density at radius 1 is 1.52 bits per heavy atom. The molecule has 1 aliphatic rings. The molecule has 1 aromatic rings. The van der Waals surface area contributed by atoms with Crippen molar-refractivity contribution in [3.8, 4) is 5.88 Å². The second-order valence-corrected chi connectivity index (χ2v) is 5.68. The van der Waals surface area contributed by atoms with Crippen molar-refractivity contribution in [2.45, 2.75) is 39.5 Å². The summed E-state index contributed by atoms with van der Waals surface area (Å²) in [5.41, 5.74) is -0.668. The fourth-order valence-corrected chi connectivity index (χ4v) is 3.08. The lowest BCUT2D eigenvalue weighted by Crippen LogP contribution is -2.48. The SMILES string of the molecule is CCCC1(C(=O)O)CCCN(c2cc(OC)nc(C)n2)C1. The quantitative estimate of drug-likeness (QED) is 0.897. The molecule has 6 heteroatoms. The van der Waals surface area contributed by atoms with Crippen LogP contribution in [0.1, 0.15) is 38.4 Å². The zero-order valence-corrected chi connectivity index (χ0v) is 12.9. The number of ether oxygens (including phenoxy) is 1. The highest BCUT2D eigenvalue weighted by Gasteiger charge is 2.42. The highest BCUT2D eigenvalue weighted by molar-refractivity contribution is 5.76. The number of aliphatic carboxylic acids is 1. The van der Waals surface area contributed by atoms with Crippen molar-refractivity contribution in [3.63, 3.8) is 0 Å². The van der Waals surface area contributed by atoms with Crippen LogP contribution in [0.3, 0.4) is 0 Å². The Hall–Kier alpha value is -1.85. The summed E-state index contributed by atoms with van der Waals surface area (Å²) >= 11 is 0. The van der Waals surface area contributed by atoms with Crippen LogP contribution >= 0.6 is 0 Å². The maximum absolute atomic E-state index is 11.7. The van der Waals surface area contributed by atoms with Crippen LogP contribution in [0.4, 0.5) is 5.82 Å². The van der Waals surface area contributed by atoms with Crippen molar-refractivity contribution >= 4 is 11.8 Å².